The van der Waals surface area contributed by atoms with Gasteiger partial charge < -0.3 is 57.2 Å². The van der Waals surface area contributed by atoms with E-state index in [1.54, 1.807) is 24.3 Å². The first kappa shape index (κ1) is 38.8. The molecule has 0 radical (unpaired) electrons. The highest BCUT2D eigenvalue weighted by atomic mass is 16.6. The number of aldehydes is 1. The Labute approximate surface area is 253 Å². The van der Waals surface area contributed by atoms with Crippen LogP contribution in [-0.2, 0) is 52.2 Å². The van der Waals surface area contributed by atoms with Gasteiger partial charge in [-0.1, -0.05) is 0 Å². The largest absolute Gasteiger partial charge is 0.491 e. The molecule has 1 aromatic carbocycles. The molecule has 1 aromatic rings. The van der Waals surface area contributed by atoms with Crippen molar-refractivity contribution in [1.82, 2.24) is 0 Å². The van der Waals surface area contributed by atoms with Crippen LogP contribution >= 0.6 is 0 Å². The van der Waals surface area contributed by atoms with Crippen LogP contribution < -0.4 is 4.74 Å². The van der Waals surface area contributed by atoms with Gasteiger partial charge in [0.25, 0.3) is 0 Å². The van der Waals surface area contributed by atoms with E-state index in [-0.39, 0.29) is 13.2 Å². The number of carbonyl (C=O) groups excluding carboxylic acids is 1. The zero-order valence-corrected chi connectivity index (χ0v) is 25.0. The maximum Gasteiger partial charge on any atom is 0.329 e. The fraction of sp³-hybridized carbons (Fsp3) is 0.724. The van der Waals surface area contributed by atoms with Gasteiger partial charge in [0.15, 0.2) is 0 Å². The lowest BCUT2D eigenvalue weighted by atomic mass is 10.2. The fourth-order valence-corrected chi connectivity index (χ4v) is 3.00. The molecule has 43 heavy (non-hydrogen) atoms. The molecule has 0 spiro atoms. The topological polar surface area (TPSA) is 156 Å². The van der Waals surface area contributed by atoms with Crippen LogP contribution in [0.5, 0.6) is 5.75 Å². The molecule has 0 aliphatic carbocycles. The maximum absolute atomic E-state index is 10.6. The van der Waals surface area contributed by atoms with Gasteiger partial charge in [-0.2, -0.15) is 0 Å². The second-order valence-corrected chi connectivity index (χ2v) is 8.49. The normalized spacial score (nSPS) is 11.2. The Morgan fingerprint density at radius 2 is 0.744 bits per heavy atom. The molecule has 0 heterocycles. The van der Waals surface area contributed by atoms with Crippen molar-refractivity contribution in [3.05, 3.63) is 29.8 Å². The highest BCUT2D eigenvalue weighted by Crippen LogP contribution is 2.10. The lowest BCUT2D eigenvalue weighted by Gasteiger charge is -2.09. The van der Waals surface area contributed by atoms with Crippen LogP contribution in [-0.4, -0.2) is 156 Å². The van der Waals surface area contributed by atoms with Crippen molar-refractivity contribution in [3.8, 4) is 5.75 Å². The van der Waals surface area contributed by atoms with Gasteiger partial charge in [-0.15, -0.1) is 0 Å². The van der Waals surface area contributed by atoms with Crippen molar-refractivity contribution >= 4 is 12.3 Å². The third-order valence-electron chi connectivity index (χ3n) is 5.09. The first-order chi connectivity index (χ1) is 21.2. The van der Waals surface area contributed by atoms with Gasteiger partial charge in [-0.05, 0) is 24.3 Å². The van der Waals surface area contributed by atoms with E-state index in [4.69, 9.17) is 57.2 Å². The van der Waals surface area contributed by atoms with E-state index < -0.39 is 5.97 Å². The summed E-state index contributed by atoms with van der Waals surface area (Å²) in [6, 6.07) is 6.91. The number of rotatable bonds is 34. The summed E-state index contributed by atoms with van der Waals surface area (Å²) in [5.41, 5.74) is 0.613. The van der Waals surface area contributed by atoms with Gasteiger partial charge in [-0.3, -0.25) is 4.79 Å². The zero-order chi connectivity index (χ0) is 30.9. The molecule has 0 aliphatic heterocycles. The summed E-state index contributed by atoms with van der Waals surface area (Å²) < 4.78 is 59.0. The predicted molar refractivity (Wildman–Crippen MR) is 153 cm³/mol. The fourth-order valence-electron chi connectivity index (χ4n) is 3.00. The predicted octanol–water partition coefficient (Wildman–Crippen LogP) is 1.13. The Hall–Kier alpha value is -2.24. The zero-order valence-electron chi connectivity index (χ0n) is 25.0. The highest BCUT2D eigenvalue weighted by Gasteiger charge is 1.98. The molecule has 0 aromatic heterocycles. The Bertz CT molecular complexity index is 749. The van der Waals surface area contributed by atoms with E-state index in [1.165, 1.54) is 0 Å². The molecule has 0 fully saturated rings. The molecule has 1 rings (SSSR count). The number of carboxylic acid groups (broad SMARTS) is 1. The van der Waals surface area contributed by atoms with Crippen molar-refractivity contribution in [2.75, 3.05) is 139 Å². The molecule has 0 amide bonds. The summed E-state index contributed by atoms with van der Waals surface area (Å²) in [6.45, 7) is 8.64. The lowest BCUT2D eigenvalue weighted by molar-refractivity contribution is -0.142. The molecule has 1 N–H and O–H groups in total. The summed E-state index contributed by atoms with van der Waals surface area (Å²) in [7, 11) is 0. The van der Waals surface area contributed by atoms with Crippen LogP contribution in [0.25, 0.3) is 0 Å². The summed E-state index contributed by atoms with van der Waals surface area (Å²) >= 11 is 0. The maximum atomic E-state index is 10.6. The molecule has 0 atom stereocenters. The molecule has 0 saturated carbocycles. The van der Waals surface area contributed by atoms with Crippen molar-refractivity contribution < 1.29 is 66.8 Å². The van der Waals surface area contributed by atoms with Gasteiger partial charge >= 0.3 is 5.97 Å². The summed E-state index contributed by atoms with van der Waals surface area (Å²) in [5.74, 6) is -0.300. The standard InChI is InChI=1S/C29H48O14/c30-25-27-1-3-28(4-2-27)43-24-23-41-20-19-39-16-15-37-12-11-35-8-7-33-5-6-34-9-10-36-13-14-38-17-18-40-21-22-42-26-29(31)32/h1-4,25H,5-24,26H2,(H,31,32). The number of carbonyl (C=O) groups is 2. The minimum absolute atomic E-state index is 0.238. The molecule has 0 unspecified atom stereocenters. The Balaban J connectivity index is 1.65. The van der Waals surface area contributed by atoms with E-state index in [2.05, 4.69) is 0 Å². The molecule has 0 aliphatic rings. The second kappa shape index (κ2) is 31.2. The Morgan fingerprint density at radius 3 is 1.02 bits per heavy atom. The van der Waals surface area contributed by atoms with Crippen molar-refractivity contribution in [3.63, 3.8) is 0 Å². The number of hydrogen-bond acceptors (Lipinski definition) is 13. The van der Waals surface area contributed by atoms with Crippen molar-refractivity contribution in [1.29, 1.82) is 0 Å². The summed E-state index contributed by atoms with van der Waals surface area (Å²) in [5, 5.41) is 8.41. The van der Waals surface area contributed by atoms with Gasteiger partial charge in [-0.25, -0.2) is 4.79 Å². The summed E-state index contributed by atoms with van der Waals surface area (Å²) in [4.78, 5) is 20.9. The SMILES string of the molecule is O=Cc1ccc(OCCOCCOCCOCCOCCOCCOCCOCCOCCOCCOCC(=O)O)cc1. The minimum Gasteiger partial charge on any atom is -0.491 e. The first-order valence-corrected chi connectivity index (χ1v) is 14.4. The molecule has 14 heteroatoms. The highest BCUT2D eigenvalue weighted by molar-refractivity contribution is 5.74. The van der Waals surface area contributed by atoms with Crippen LogP contribution in [0.1, 0.15) is 10.4 Å². The van der Waals surface area contributed by atoms with E-state index in [0.717, 1.165) is 6.29 Å². The van der Waals surface area contributed by atoms with Crippen LogP contribution in [0.4, 0.5) is 0 Å². The third-order valence-corrected chi connectivity index (χ3v) is 5.09. The van der Waals surface area contributed by atoms with Crippen LogP contribution in [0.15, 0.2) is 24.3 Å². The molecule has 0 saturated heterocycles. The first-order valence-electron chi connectivity index (χ1n) is 14.4. The molecule has 0 bridgehead atoms. The van der Waals surface area contributed by atoms with E-state index >= 15 is 0 Å². The number of aliphatic carboxylic acids is 1. The average molecular weight is 621 g/mol. The molecule has 14 nitrogen and oxygen atoms in total. The monoisotopic (exact) mass is 620 g/mol. The van der Waals surface area contributed by atoms with Crippen molar-refractivity contribution in [2.45, 2.75) is 0 Å². The lowest BCUT2D eigenvalue weighted by Crippen LogP contribution is -2.15. The Morgan fingerprint density at radius 1 is 0.465 bits per heavy atom. The number of ether oxygens (including phenoxy) is 11. The second-order valence-electron chi connectivity index (χ2n) is 8.49. The third kappa shape index (κ3) is 28.3. The average Bonchev–Trinajstić information content (AvgIpc) is 3.01. The van der Waals surface area contributed by atoms with E-state index in [9.17, 15) is 9.59 Å². The smallest absolute Gasteiger partial charge is 0.329 e. The minimum atomic E-state index is -0.999. The molecular weight excluding hydrogens is 572 g/mol. The number of benzene rings is 1. The van der Waals surface area contributed by atoms with Gasteiger partial charge in [0.2, 0.25) is 0 Å². The number of hydrogen-bond donors (Lipinski definition) is 1. The number of carboxylic acids is 1. The van der Waals surface area contributed by atoms with Gasteiger partial charge in [0, 0.05) is 5.56 Å². The van der Waals surface area contributed by atoms with Crippen LogP contribution in [0.2, 0.25) is 0 Å². The van der Waals surface area contributed by atoms with Gasteiger partial charge in [0.1, 0.15) is 25.2 Å². The van der Waals surface area contributed by atoms with Crippen LogP contribution in [0.3, 0.4) is 0 Å². The van der Waals surface area contributed by atoms with Crippen molar-refractivity contribution in [2.24, 2.45) is 0 Å². The van der Waals surface area contributed by atoms with E-state index in [1.807, 2.05) is 0 Å². The van der Waals surface area contributed by atoms with E-state index in [0.29, 0.717) is 137 Å². The quantitative estimate of drug-likeness (QED) is 0.0864. The Kier molecular flexibility index (Phi) is 28.1. The molecule has 248 valence electrons. The molecular formula is C29H48O14. The summed E-state index contributed by atoms with van der Waals surface area (Å²) in [6.07, 6.45) is 0.793. The van der Waals surface area contributed by atoms with Crippen LogP contribution in [0, 0.1) is 0 Å². The van der Waals surface area contributed by atoms with Gasteiger partial charge in [0.05, 0.1) is 126 Å².